The van der Waals surface area contributed by atoms with Crippen molar-refractivity contribution in [3.8, 4) is 5.75 Å². The van der Waals surface area contributed by atoms with Crippen molar-refractivity contribution < 1.29 is 5.11 Å². The highest BCUT2D eigenvalue weighted by molar-refractivity contribution is 5.85. The van der Waals surface area contributed by atoms with Gasteiger partial charge in [-0.1, -0.05) is 94.4 Å². The van der Waals surface area contributed by atoms with Gasteiger partial charge in [-0.3, -0.25) is 4.99 Å². The van der Waals surface area contributed by atoms with Gasteiger partial charge >= 0.3 is 0 Å². The first-order chi connectivity index (χ1) is 18.6. The molecule has 204 valence electrons. The van der Waals surface area contributed by atoms with E-state index in [9.17, 15) is 5.11 Å². The molecule has 0 aromatic heterocycles. The van der Waals surface area contributed by atoms with Gasteiger partial charge in [-0.25, -0.2) is 0 Å². The largest absolute Gasteiger partial charge is 0.507 e. The lowest BCUT2D eigenvalue weighted by molar-refractivity contribution is -0.0632. The lowest BCUT2D eigenvalue weighted by atomic mass is 9.48. The summed E-state index contributed by atoms with van der Waals surface area (Å²) in [5.41, 5.74) is 5.24. The summed E-state index contributed by atoms with van der Waals surface area (Å²) >= 11 is 0. The number of aliphatic imine (C=N–C) groups is 1. The average molecular weight is 520 g/mol. The van der Waals surface area contributed by atoms with E-state index in [1.54, 1.807) is 0 Å². The van der Waals surface area contributed by atoms with E-state index in [0.717, 1.165) is 28.9 Å². The molecule has 4 fully saturated rings. The highest BCUT2D eigenvalue weighted by Gasteiger charge is 2.53. The third-order valence-corrected chi connectivity index (χ3v) is 10.9. The minimum absolute atomic E-state index is 0.218. The Morgan fingerprint density at radius 1 is 0.744 bits per heavy atom. The molecule has 0 spiro atoms. The van der Waals surface area contributed by atoms with Crippen molar-refractivity contribution in [1.29, 1.82) is 0 Å². The molecule has 39 heavy (non-hydrogen) atoms. The summed E-state index contributed by atoms with van der Waals surface area (Å²) in [6.07, 6.45) is 10.4. The lowest BCUT2D eigenvalue weighted by Crippen LogP contribution is -2.50. The van der Waals surface area contributed by atoms with Crippen LogP contribution >= 0.6 is 0 Å². The summed E-state index contributed by atoms with van der Waals surface area (Å²) in [5, 5.41) is 11.8. The Labute approximate surface area is 235 Å². The highest BCUT2D eigenvalue weighted by atomic mass is 16.3. The van der Waals surface area contributed by atoms with Crippen LogP contribution in [0.2, 0.25) is 0 Å². The summed E-state index contributed by atoms with van der Waals surface area (Å²) in [5.74, 6) is 3.10. The molecular weight excluding hydrogens is 474 g/mol. The molecule has 2 nitrogen and oxygen atoms in total. The molecule has 3 aromatic rings. The minimum atomic E-state index is -0.359. The predicted octanol–water partition coefficient (Wildman–Crippen LogP) is 9.07. The van der Waals surface area contributed by atoms with Gasteiger partial charge in [-0.2, -0.15) is 0 Å². The molecule has 3 aromatic carbocycles. The summed E-state index contributed by atoms with van der Waals surface area (Å²) in [7, 11) is 0. The van der Waals surface area contributed by atoms with Crippen LogP contribution in [0.15, 0.2) is 77.8 Å². The second kappa shape index (κ2) is 9.65. The summed E-state index contributed by atoms with van der Waals surface area (Å²) in [6, 6.07) is 26.0. The quantitative estimate of drug-likeness (QED) is 0.310. The molecule has 1 N–H and O–H groups in total. The molecule has 4 aliphatic carbocycles. The zero-order valence-corrected chi connectivity index (χ0v) is 24.5. The Kier molecular flexibility index (Phi) is 6.52. The van der Waals surface area contributed by atoms with Crippen molar-refractivity contribution in [2.24, 2.45) is 28.2 Å². The third kappa shape index (κ3) is 4.64. The Morgan fingerprint density at radius 3 is 1.74 bits per heavy atom. The van der Waals surface area contributed by atoms with Crippen LogP contribution in [0.5, 0.6) is 5.75 Å². The van der Waals surface area contributed by atoms with Crippen molar-refractivity contribution in [2.45, 2.75) is 90.0 Å². The molecule has 0 heterocycles. The number of aromatic hydroxyl groups is 1. The van der Waals surface area contributed by atoms with Crippen LogP contribution in [-0.2, 0) is 10.8 Å². The number of hydrogen-bond acceptors (Lipinski definition) is 2. The first kappa shape index (κ1) is 26.4. The van der Waals surface area contributed by atoms with E-state index in [2.05, 4.69) is 107 Å². The van der Waals surface area contributed by atoms with Crippen LogP contribution < -0.4 is 0 Å². The van der Waals surface area contributed by atoms with Gasteiger partial charge in [0, 0.05) is 28.2 Å². The summed E-state index contributed by atoms with van der Waals surface area (Å²) in [4.78, 5) is 5.25. The molecule has 4 aliphatic rings. The molecule has 1 unspecified atom stereocenters. The number of phenols is 1. The van der Waals surface area contributed by atoms with E-state index in [0.29, 0.717) is 11.2 Å². The van der Waals surface area contributed by atoms with E-state index in [1.165, 1.54) is 55.2 Å². The van der Waals surface area contributed by atoms with E-state index in [-0.39, 0.29) is 16.9 Å². The molecule has 0 aliphatic heterocycles. The van der Waals surface area contributed by atoms with Crippen molar-refractivity contribution in [2.75, 3.05) is 0 Å². The molecular formula is C37H45NO. The van der Waals surface area contributed by atoms with E-state index in [1.807, 2.05) is 6.21 Å². The van der Waals surface area contributed by atoms with Gasteiger partial charge in [0.1, 0.15) is 5.75 Å². The monoisotopic (exact) mass is 519 g/mol. The maximum absolute atomic E-state index is 11.8. The van der Waals surface area contributed by atoms with Crippen molar-refractivity contribution >= 4 is 6.21 Å². The molecule has 0 amide bonds. The second-order valence-electron chi connectivity index (χ2n) is 14.2. The van der Waals surface area contributed by atoms with E-state index < -0.39 is 0 Å². The van der Waals surface area contributed by atoms with Crippen LogP contribution in [0.25, 0.3) is 0 Å². The number of rotatable bonds is 7. The fourth-order valence-electron chi connectivity index (χ4n) is 8.66. The van der Waals surface area contributed by atoms with Gasteiger partial charge in [-0.15, -0.1) is 0 Å². The van der Waals surface area contributed by atoms with Gasteiger partial charge in [0.25, 0.3) is 0 Å². The topological polar surface area (TPSA) is 32.6 Å². The SMILES string of the molecule is CC(N=Cc1cc(C(C)(C)c2ccccc2)cc(C(C)(C)c2ccccc2)c1O)C12CC3CC(CC(C3)C1)C2. The summed E-state index contributed by atoms with van der Waals surface area (Å²) < 4.78 is 0. The number of nitrogens with zero attached hydrogens (tertiary/aromatic N) is 1. The Balaban J connectivity index is 1.42. The zero-order valence-electron chi connectivity index (χ0n) is 24.5. The van der Waals surface area contributed by atoms with Crippen LogP contribution in [0.1, 0.15) is 101 Å². The molecule has 4 bridgehead atoms. The van der Waals surface area contributed by atoms with Gasteiger partial charge in [-0.05, 0) is 91.4 Å². The average Bonchev–Trinajstić information content (AvgIpc) is 2.92. The molecule has 1 atom stereocenters. The Bertz CT molecular complexity index is 1320. The molecule has 0 saturated heterocycles. The third-order valence-electron chi connectivity index (χ3n) is 10.9. The maximum Gasteiger partial charge on any atom is 0.128 e. The smallest absolute Gasteiger partial charge is 0.128 e. The second-order valence-corrected chi connectivity index (χ2v) is 14.2. The number of phenolic OH excluding ortho intramolecular Hbond substituents is 1. The first-order valence-electron chi connectivity index (χ1n) is 15.1. The molecule has 2 heteroatoms. The minimum Gasteiger partial charge on any atom is -0.507 e. The number of hydrogen-bond donors (Lipinski definition) is 1. The fraction of sp³-hybridized carbons (Fsp3) is 0.486. The number of benzene rings is 3. The van der Waals surface area contributed by atoms with E-state index >= 15 is 0 Å². The first-order valence-corrected chi connectivity index (χ1v) is 15.1. The van der Waals surface area contributed by atoms with Crippen molar-refractivity contribution in [1.82, 2.24) is 0 Å². The normalized spacial score (nSPS) is 27.3. The van der Waals surface area contributed by atoms with Gasteiger partial charge in [0.15, 0.2) is 0 Å². The Hall–Kier alpha value is -2.87. The lowest BCUT2D eigenvalue weighted by Gasteiger charge is -2.58. The van der Waals surface area contributed by atoms with Gasteiger partial charge in [0.2, 0.25) is 0 Å². The Morgan fingerprint density at radius 2 is 1.23 bits per heavy atom. The predicted molar refractivity (Wildman–Crippen MR) is 163 cm³/mol. The van der Waals surface area contributed by atoms with Crippen molar-refractivity contribution in [3.05, 3.63) is 101 Å². The van der Waals surface area contributed by atoms with Crippen LogP contribution in [0, 0.1) is 23.2 Å². The maximum atomic E-state index is 11.8. The van der Waals surface area contributed by atoms with Crippen LogP contribution in [0.4, 0.5) is 0 Å². The van der Waals surface area contributed by atoms with E-state index in [4.69, 9.17) is 4.99 Å². The molecule has 0 radical (unpaired) electrons. The standard InChI is InChI=1S/C37H45NO/c1-25(37-21-26-16-27(22-37)18-28(17-26)23-37)38-24-29-19-32(35(2,3)30-12-8-6-9-13-30)20-33(34(29)39)36(4,5)31-14-10-7-11-15-31/h6-15,19-20,24-28,39H,16-18,21-23H2,1-5H3. The molecule has 7 rings (SSSR count). The van der Waals surface area contributed by atoms with Crippen molar-refractivity contribution in [3.63, 3.8) is 0 Å². The summed E-state index contributed by atoms with van der Waals surface area (Å²) in [6.45, 7) is 11.3. The fourth-order valence-corrected chi connectivity index (χ4v) is 8.66. The zero-order chi connectivity index (χ0) is 27.4. The van der Waals surface area contributed by atoms with Gasteiger partial charge in [0.05, 0.1) is 6.04 Å². The van der Waals surface area contributed by atoms with Gasteiger partial charge < -0.3 is 5.11 Å². The van der Waals surface area contributed by atoms with Crippen LogP contribution in [-0.4, -0.2) is 17.4 Å². The van der Waals surface area contributed by atoms with Crippen LogP contribution in [0.3, 0.4) is 0 Å². The highest BCUT2D eigenvalue weighted by Crippen LogP contribution is 2.61. The molecule has 4 saturated carbocycles.